The Morgan fingerprint density at radius 1 is 1.52 bits per heavy atom. The first-order valence-electron chi connectivity index (χ1n) is 7.29. The number of nitrogens with zero attached hydrogens (tertiary/aromatic N) is 3. The van der Waals surface area contributed by atoms with Crippen LogP contribution in [0.4, 0.5) is 0 Å². The molecule has 2 N–H and O–H groups in total. The van der Waals surface area contributed by atoms with Gasteiger partial charge in [-0.1, -0.05) is 6.92 Å². The number of hydrogen-bond donors (Lipinski definition) is 2. The van der Waals surface area contributed by atoms with Crippen molar-refractivity contribution < 1.29 is 0 Å². The smallest absolute Gasteiger partial charge is 0.191 e. The summed E-state index contributed by atoms with van der Waals surface area (Å²) in [4.78, 5) is 12.4. The van der Waals surface area contributed by atoms with E-state index in [1.807, 2.05) is 13.2 Å². The number of nitrogens with one attached hydrogen (secondary N) is 2. The summed E-state index contributed by atoms with van der Waals surface area (Å²) in [6.45, 7) is 9.63. The number of likely N-dealkylation sites (tertiary alicyclic amines) is 1. The van der Waals surface area contributed by atoms with E-state index in [2.05, 4.69) is 39.4 Å². The van der Waals surface area contributed by atoms with Crippen LogP contribution in [0.15, 0.2) is 11.2 Å². The van der Waals surface area contributed by atoms with Gasteiger partial charge in [-0.05, 0) is 32.4 Å². The largest absolute Gasteiger partial charge is 0.356 e. The third-order valence-corrected chi connectivity index (χ3v) is 4.59. The number of guanidine groups is 1. The average Bonchev–Trinajstić information content (AvgIpc) is 3.08. The number of halogens is 1. The SMILES string of the molecule is CCN1CCC(CNC(=NC)NCc2ncc(C)s2)C1.I. The van der Waals surface area contributed by atoms with E-state index in [1.54, 1.807) is 11.3 Å². The lowest BCUT2D eigenvalue weighted by Gasteiger charge is -2.16. The van der Waals surface area contributed by atoms with E-state index in [-0.39, 0.29) is 24.0 Å². The molecule has 1 aromatic heterocycles. The zero-order valence-electron chi connectivity index (χ0n) is 13.1. The highest BCUT2D eigenvalue weighted by Gasteiger charge is 2.20. The van der Waals surface area contributed by atoms with E-state index in [1.165, 1.54) is 24.4 Å². The van der Waals surface area contributed by atoms with Crippen LogP contribution in [0.2, 0.25) is 0 Å². The van der Waals surface area contributed by atoms with Crippen LogP contribution in [0.1, 0.15) is 23.2 Å². The molecule has 7 heteroatoms. The van der Waals surface area contributed by atoms with E-state index in [4.69, 9.17) is 0 Å². The standard InChI is InChI=1S/C14H25N5S.HI/c1-4-19-6-5-12(10-19)8-17-14(15-3)18-9-13-16-7-11(2)20-13;/h7,12H,4-6,8-10H2,1-3H3,(H2,15,17,18);1H. The molecule has 21 heavy (non-hydrogen) atoms. The number of aliphatic imine (C=N–C) groups is 1. The molecule has 1 aliphatic heterocycles. The van der Waals surface area contributed by atoms with Crippen molar-refractivity contribution in [1.29, 1.82) is 0 Å². The minimum Gasteiger partial charge on any atom is -0.356 e. The molecule has 120 valence electrons. The van der Waals surface area contributed by atoms with Crippen molar-refractivity contribution >= 4 is 41.3 Å². The molecule has 0 aliphatic carbocycles. The Balaban J connectivity index is 0.00000220. The van der Waals surface area contributed by atoms with Gasteiger partial charge >= 0.3 is 0 Å². The van der Waals surface area contributed by atoms with Gasteiger partial charge in [-0.3, -0.25) is 4.99 Å². The summed E-state index contributed by atoms with van der Waals surface area (Å²) in [5.41, 5.74) is 0. The van der Waals surface area contributed by atoms with Crippen LogP contribution in [-0.4, -0.2) is 49.1 Å². The summed E-state index contributed by atoms with van der Waals surface area (Å²) in [6, 6.07) is 0. The number of aryl methyl sites for hydroxylation is 1. The summed E-state index contributed by atoms with van der Waals surface area (Å²) in [5, 5.41) is 7.84. The van der Waals surface area contributed by atoms with Crippen molar-refractivity contribution in [3.63, 3.8) is 0 Å². The van der Waals surface area contributed by atoms with Gasteiger partial charge in [-0.15, -0.1) is 35.3 Å². The number of aromatic nitrogens is 1. The molecule has 1 atom stereocenters. The molecule has 1 saturated heterocycles. The van der Waals surface area contributed by atoms with Gasteiger partial charge < -0.3 is 15.5 Å². The molecule has 0 amide bonds. The highest BCUT2D eigenvalue weighted by atomic mass is 127. The Morgan fingerprint density at radius 3 is 2.90 bits per heavy atom. The molecule has 1 fully saturated rings. The zero-order valence-corrected chi connectivity index (χ0v) is 16.2. The molecule has 0 aromatic carbocycles. The van der Waals surface area contributed by atoms with Crippen LogP contribution in [0, 0.1) is 12.8 Å². The minimum atomic E-state index is 0. The van der Waals surface area contributed by atoms with Crippen LogP contribution in [0.5, 0.6) is 0 Å². The maximum atomic E-state index is 4.35. The fourth-order valence-corrected chi connectivity index (χ4v) is 3.20. The monoisotopic (exact) mass is 423 g/mol. The van der Waals surface area contributed by atoms with Gasteiger partial charge in [-0.25, -0.2) is 4.98 Å². The van der Waals surface area contributed by atoms with Crippen molar-refractivity contribution in [3.05, 3.63) is 16.1 Å². The fourth-order valence-electron chi connectivity index (χ4n) is 2.47. The third-order valence-electron chi connectivity index (χ3n) is 3.68. The Hall–Kier alpha value is -0.410. The second kappa shape index (κ2) is 9.58. The summed E-state index contributed by atoms with van der Waals surface area (Å²) in [6.07, 6.45) is 3.19. The maximum absolute atomic E-state index is 4.35. The Labute approximate surface area is 148 Å². The van der Waals surface area contributed by atoms with Crippen LogP contribution in [-0.2, 0) is 6.54 Å². The molecule has 1 unspecified atom stereocenters. The molecule has 5 nitrogen and oxygen atoms in total. The van der Waals surface area contributed by atoms with Gasteiger partial charge in [0, 0.05) is 31.2 Å². The molecule has 1 aromatic rings. The molecule has 2 rings (SSSR count). The summed E-state index contributed by atoms with van der Waals surface area (Å²) in [5.74, 6) is 1.60. The quantitative estimate of drug-likeness (QED) is 0.433. The first-order chi connectivity index (χ1) is 9.71. The van der Waals surface area contributed by atoms with Gasteiger partial charge in [0.15, 0.2) is 5.96 Å². The molecular formula is C14H26IN5S. The van der Waals surface area contributed by atoms with Crippen LogP contribution >= 0.6 is 35.3 Å². The number of hydrogen-bond acceptors (Lipinski definition) is 4. The Bertz CT molecular complexity index is 448. The van der Waals surface area contributed by atoms with Crippen molar-refractivity contribution in [2.75, 3.05) is 33.2 Å². The molecule has 0 spiro atoms. The second-order valence-electron chi connectivity index (χ2n) is 5.22. The molecule has 0 radical (unpaired) electrons. The van der Waals surface area contributed by atoms with Crippen molar-refractivity contribution in [3.8, 4) is 0 Å². The van der Waals surface area contributed by atoms with Gasteiger partial charge in [0.25, 0.3) is 0 Å². The normalized spacial score (nSPS) is 19.4. The highest BCUT2D eigenvalue weighted by molar-refractivity contribution is 14.0. The van der Waals surface area contributed by atoms with Crippen molar-refractivity contribution in [1.82, 2.24) is 20.5 Å². The van der Waals surface area contributed by atoms with E-state index in [0.29, 0.717) is 0 Å². The van der Waals surface area contributed by atoms with Gasteiger partial charge in [-0.2, -0.15) is 0 Å². The fraction of sp³-hybridized carbons (Fsp3) is 0.714. The lowest BCUT2D eigenvalue weighted by Crippen LogP contribution is -2.39. The van der Waals surface area contributed by atoms with Crippen LogP contribution < -0.4 is 10.6 Å². The molecule has 0 bridgehead atoms. The van der Waals surface area contributed by atoms with E-state index in [0.717, 1.165) is 36.5 Å². The van der Waals surface area contributed by atoms with Gasteiger partial charge in [0.2, 0.25) is 0 Å². The van der Waals surface area contributed by atoms with Crippen molar-refractivity contribution in [2.45, 2.75) is 26.8 Å². The molecular weight excluding hydrogens is 397 g/mol. The highest BCUT2D eigenvalue weighted by Crippen LogP contribution is 2.14. The molecule has 2 heterocycles. The second-order valence-corrected chi connectivity index (χ2v) is 6.54. The van der Waals surface area contributed by atoms with Crippen LogP contribution in [0.3, 0.4) is 0 Å². The maximum Gasteiger partial charge on any atom is 0.191 e. The number of rotatable bonds is 5. The van der Waals surface area contributed by atoms with Crippen molar-refractivity contribution in [2.24, 2.45) is 10.9 Å². The molecule has 0 saturated carbocycles. The summed E-state index contributed by atoms with van der Waals surface area (Å²) < 4.78 is 0. The van der Waals surface area contributed by atoms with E-state index < -0.39 is 0 Å². The first kappa shape index (κ1) is 18.6. The molecule has 1 aliphatic rings. The lowest BCUT2D eigenvalue weighted by atomic mass is 10.1. The van der Waals surface area contributed by atoms with E-state index >= 15 is 0 Å². The van der Waals surface area contributed by atoms with Gasteiger partial charge in [0.05, 0.1) is 6.54 Å². The van der Waals surface area contributed by atoms with Crippen LogP contribution in [0.25, 0.3) is 0 Å². The van der Waals surface area contributed by atoms with E-state index in [9.17, 15) is 0 Å². The van der Waals surface area contributed by atoms with Gasteiger partial charge in [0.1, 0.15) is 5.01 Å². The zero-order chi connectivity index (χ0) is 14.4. The minimum absolute atomic E-state index is 0. The average molecular weight is 423 g/mol. The predicted octanol–water partition coefficient (Wildman–Crippen LogP) is 2.08. The Kier molecular flexibility index (Phi) is 8.50. The summed E-state index contributed by atoms with van der Waals surface area (Å²) >= 11 is 1.72. The lowest BCUT2D eigenvalue weighted by molar-refractivity contribution is 0.342. The topological polar surface area (TPSA) is 52.5 Å². The first-order valence-corrected chi connectivity index (χ1v) is 8.11. The predicted molar refractivity (Wildman–Crippen MR) is 101 cm³/mol. The third kappa shape index (κ3) is 6.07. The Morgan fingerprint density at radius 2 is 2.33 bits per heavy atom. The number of thiazole rings is 1. The summed E-state index contributed by atoms with van der Waals surface area (Å²) in [7, 11) is 1.81.